The highest BCUT2D eigenvalue weighted by Crippen LogP contribution is 2.21. The molecule has 0 saturated heterocycles. The van der Waals surface area contributed by atoms with E-state index in [1.54, 1.807) is 0 Å². The first-order valence-electron chi connectivity index (χ1n) is 6.57. The fourth-order valence-electron chi connectivity index (χ4n) is 2.52. The molecule has 1 saturated carbocycles. The normalized spacial score (nSPS) is 17.5. The van der Waals surface area contributed by atoms with E-state index in [0.717, 1.165) is 22.8 Å². The summed E-state index contributed by atoms with van der Waals surface area (Å²) in [5.74, 6) is 1.72. The number of benzene rings is 1. The van der Waals surface area contributed by atoms with Crippen molar-refractivity contribution in [2.45, 2.75) is 38.6 Å². The molecule has 1 aliphatic carbocycles. The van der Waals surface area contributed by atoms with Gasteiger partial charge in [0.05, 0.1) is 17.1 Å². The van der Waals surface area contributed by atoms with Gasteiger partial charge in [0.15, 0.2) is 0 Å². The van der Waals surface area contributed by atoms with E-state index in [2.05, 4.69) is 20.3 Å². The maximum Gasteiger partial charge on any atom is 0.206 e. The Balaban J connectivity index is 1.75. The summed E-state index contributed by atoms with van der Waals surface area (Å²) in [6.45, 7) is 2.01. The van der Waals surface area contributed by atoms with E-state index in [4.69, 9.17) is 0 Å². The van der Waals surface area contributed by atoms with Crippen molar-refractivity contribution in [2.24, 2.45) is 4.99 Å². The quantitative estimate of drug-likeness (QED) is 0.627. The lowest BCUT2D eigenvalue weighted by Crippen LogP contribution is -2.12. The number of nitrogens with zero attached hydrogens (tertiary/aromatic N) is 2. The van der Waals surface area contributed by atoms with Crippen molar-refractivity contribution >= 4 is 22.8 Å². The Morgan fingerprint density at radius 2 is 2.11 bits per heavy atom. The molecule has 0 spiro atoms. The third-order valence-electron chi connectivity index (χ3n) is 3.39. The van der Waals surface area contributed by atoms with Crippen LogP contribution in [0.3, 0.4) is 0 Å². The largest absolute Gasteiger partial charge is 0.324 e. The van der Waals surface area contributed by atoms with Gasteiger partial charge in [0.2, 0.25) is 5.95 Å². The number of hydrogen-bond acceptors (Lipinski definition) is 2. The van der Waals surface area contributed by atoms with Crippen LogP contribution in [0.25, 0.3) is 11.0 Å². The van der Waals surface area contributed by atoms with Gasteiger partial charge in [0.25, 0.3) is 0 Å². The van der Waals surface area contributed by atoms with Gasteiger partial charge in [0, 0.05) is 0 Å². The van der Waals surface area contributed by atoms with Crippen molar-refractivity contribution in [1.29, 1.82) is 0 Å². The number of imidazole rings is 1. The fraction of sp³-hybridized carbons (Fsp3) is 0.429. The van der Waals surface area contributed by atoms with E-state index in [1.165, 1.54) is 25.7 Å². The van der Waals surface area contributed by atoms with Crippen LogP contribution in [-0.2, 0) is 0 Å². The topological polar surface area (TPSA) is 53.1 Å². The predicted molar refractivity (Wildman–Crippen MR) is 75.1 cm³/mol. The van der Waals surface area contributed by atoms with Crippen LogP contribution in [0.15, 0.2) is 29.3 Å². The van der Waals surface area contributed by atoms with Crippen LogP contribution >= 0.6 is 0 Å². The number of hydrogen-bond donors (Lipinski definition) is 2. The number of H-pyrrole nitrogens is 1. The van der Waals surface area contributed by atoms with Crippen molar-refractivity contribution in [1.82, 2.24) is 9.97 Å². The van der Waals surface area contributed by atoms with Gasteiger partial charge in [-0.3, -0.25) is 4.99 Å². The molecule has 4 heteroatoms. The number of aromatic amines is 1. The second kappa shape index (κ2) is 4.80. The zero-order chi connectivity index (χ0) is 12.4. The summed E-state index contributed by atoms with van der Waals surface area (Å²) in [5, 5.41) is 3.24. The molecule has 1 aromatic carbocycles. The van der Waals surface area contributed by atoms with Gasteiger partial charge in [-0.05, 0) is 31.9 Å². The van der Waals surface area contributed by atoms with E-state index in [1.807, 2.05) is 31.2 Å². The van der Waals surface area contributed by atoms with Crippen molar-refractivity contribution in [3.63, 3.8) is 0 Å². The molecular formula is C14H18N4. The zero-order valence-electron chi connectivity index (χ0n) is 10.6. The maximum atomic E-state index is 4.69. The van der Waals surface area contributed by atoms with Gasteiger partial charge in [-0.1, -0.05) is 25.0 Å². The molecule has 0 amide bonds. The van der Waals surface area contributed by atoms with Crippen molar-refractivity contribution in [2.75, 3.05) is 5.32 Å². The fourth-order valence-corrected chi connectivity index (χ4v) is 2.52. The number of aromatic nitrogens is 2. The van der Waals surface area contributed by atoms with E-state index in [-0.39, 0.29) is 0 Å². The molecular weight excluding hydrogens is 224 g/mol. The molecule has 1 fully saturated rings. The molecule has 4 nitrogen and oxygen atoms in total. The first-order valence-corrected chi connectivity index (χ1v) is 6.57. The van der Waals surface area contributed by atoms with Crippen LogP contribution in [0.4, 0.5) is 5.95 Å². The molecule has 3 rings (SSSR count). The highest BCUT2D eigenvalue weighted by molar-refractivity contribution is 5.93. The van der Waals surface area contributed by atoms with E-state index in [9.17, 15) is 0 Å². The SMILES string of the molecule is CC(=NC1CCCC1)Nc1nc2ccccc2[nH]1. The Morgan fingerprint density at radius 3 is 2.89 bits per heavy atom. The molecule has 0 bridgehead atoms. The number of anilines is 1. The van der Waals surface area contributed by atoms with Gasteiger partial charge in [-0.25, -0.2) is 4.98 Å². The van der Waals surface area contributed by atoms with Crippen LogP contribution in [-0.4, -0.2) is 21.8 Å². The number of rotatable bonds is 2. The molecule has 1 aliphatic rings. The molecule has 1 heterocycles. The molecule has 1 aromatic heterocycles. The second-order valence-corrected chi connectivity index (χ2v) is 4.88. The number of amidine groups is 1. The lowest BCUT2D eigenvalue weighted by atomic mass is 10.3. The highest BCUT2D eigenvalue weighted by atomic mass is 15.2. The van der Waals surface area contributed by atoms with Crippen LogP contribution < -0.4 is 5.32 Å². The maximum absolute atomic E-state index is 4.69. The molecule has 18 heavy (non-hydrogen) atoms. The first-order chi connectivity index (χ1) is 8.81. The Bertz CT molecular complexity index is 531. The average molecular weight is 242 g/mol. The highest BCUT2D eigenvalue weighted by Gasteiger charge is 2.13. The van der Waals surface area contributed by atoms with Gasteiger partial charge < -0.3 is 10.3 Å². The molecule has 0 radical (unpaired) electrons. The predicted octanol–water partition coefficient (Wildman–Crippen LogP) is 3.34. The number of aliphatic imine (C=N–C) groups is 1. The molecule has 2 aromatic rings. The first kappa shape index (κ1) is 11.3. The smallest absolute Gasteiger partial charge is 0.206 e. The summed E-state index contributed by atoms with van der Waals surface area (Å²) in [5.41, 5.74) is 2.03. The summed E-state index contributed by atoms with van der Waals surface area (Å²) in [6.07, 6.45) is 5.07. The van der Waals surface area contributed by atoms with E-state index < -0.39 is 0 Å². The Kier molecular flexibility index (Phi) is 3.00. The third kappa shape index (κ3) is 2.37. The zero-order valence-corrected chi connectivity index (χ0v) is 10.6. The lowest BCUT2D eigenvalue weighted by Gasteiger charge is -2.06. The van der Waals surface area contributed by atoms with E-state index in [0.29, 0.717) is 6.04 Å². The molecule has 0 aliphatic heterocycles. The van der Waals surface area contributed by atoms with Gasteiger partial charge in [0.1, 0.15) is 5.84 Å². The van der Waals surface area contributed by atoms with Gasteiger partial charge in [-0.15, -0.1) is 0 Å². The summed E-state index contributed by atoms with van der Waals surface area (Å²) in [7, 11) is 0. The summed E-state index contributed by atoms with van der Waals surface area (Å²) >= 11 is 0. The Labute approximate surface area is 107 Å². The van der Waals surface area contributed by atoms with Crippen LogP contribution in [0, 0.1) is 0 Å². The molecule has 2 N–H and O–H groups in total. The monoisotopic (exact) mass is 242 g/mol. The Hall–Kier alpha value is -1.84. The summed E-state index contributed by atoms with van der Waals surface area (Å²) in [6, 6.07) is 8.52. The molecule has 0 atom stereocenters. The summed E-state index contributed by atoms with van der Waals surface area (Å²) < 4.78 is 0. The van der Waals surface area contributed by atoms with Crippen LogP contribution in [0.1, 0.15) is 32.6 Å². The molecule has 0 unspecified atom stereocenters. The van der Waals surface area contributed by atoms with Crippen LogP contribution in [0.2, 0.25) is 0 Å². The minimum atomic E-state index is 0.502. The van der Waals surface area contributed by atoms with Gasteiger partial charge >= 0.3 is 0 Å². The number of nitrogens with one attached hydrogen (secondary N) is 2. The van der Waals surface area contributed by atoms with E-state index >= 15 is 0 Å². The minimum Gasteiger partial charge on any atom is -0.324 e. The minimum absolute atomic E-state index is 0.502. The van der Waals surface area contributed by atoms with Crippen LogP contribution in [0.5, 0.6) is 0 Å². The van der Waals surface area contributed by atoms with Gasteiger partial charge in [-0.2, -0.15) is 0 Å². The number of para-hydroxylation sites is 2. The Morgan fingerprint density at radius 1 is 1.33 bits per heavy atom. The van der Waals surface area contributed by atoms with Crippen molar-refractivity contribution in [3.05, 3.63) is 24.3 Å². The van der Waals surface area contributed by atoms with Crippen molar-refractivity contribution in [3.8, 4) is 0 Å². The second-order valence-electron chi connectivity index (χ2n) is 4.88. The standard InChI is InChI=1S/C14H18N4/c1-10(15-11-6-2-3-7-11)16-14-17-12-8-4-5-9-13(12)18-14/h4-5,8-9,11H,2-3,6-7H2,1H3,(H2,15,16,17,18). The lowest BCUT2D eigenvalue weighted by molar-refractivity contribution is 0.706. The average Bonchev–Trinajstić information content (AvgIpc) is 2.96. The number of fused-ring (bicyclic) bond motifs is 1. The summed E-state index contributed by atoms with van der Waals surface area (Å²) in [4.78, 5) is 12.4. The molecule has 94 valence electrons. The van der Waals surface area contributed by atoms with Crippen molar-refractivity contribution < 1.29 is 0 Å². The third-order valence-corrected chi connectivity index (χ3v) is 3.39.